The van der Waals surface area contributed by atoms with Crippen molar-refractivity contribution in [2.75, 3.05) is 97.5 Å². The van der Waals surface area contributed by atoms with Gasteiger partial charge in [0.1, 0.15) is 62.3 Å². The monoisotopic (exact) mass is 1450 g/mol. The topological polar surface area (TPSA) is 336 Å². The van der Waals surface area contributed by atoms with Gasteiger partial charge in [-0.15, -0.1) is 6.42 Å². The molecule has 0 saturated heterocycles. The predicted octanol–water partition coefficient (Wildman–Crippen LogP) is 11.3. The predicted molar refractivity (Wildman–Crippen MR) is 388 cm³/mol. The van der Waals surface area contributed by atoms with Gasteiger partial charge in [0.2, 0.25) is 0 Å². The minimum absolute atomic E-state index is 0.0207. The number of halogens is 2. The van der Waals surface area contributed by atoms with E-state index in [9.17, 15) is 38.9 Å². The van der Waals surface area contributed by atoms with Gasteiger partial charge in [0, 0.05) is 72.6 Å². The second-order valence-corrected chi connectivity index (χ2v) is 23.8. The molecule has 27 nitrogen and oxygen atoms in total. The number of phenolic OH excluding ortho intramolecular Hbond substituents is 3. The number of anilines is 4. The Balaban J connectivity index is 0.000000210. The van der Waals surface area contributed by atoms with E-state index in [-0.39, 0.29) is 117 Å². The fourth-order valence-corrected chi connectivity index (χ4v) is 10.9. The van der Waals surface area contributed by atoms with E-state index < -0.39 is 23.2 Å². The van der Waals surface area contributed by atoms with E-state index in [0.29, 0.717) is 111 Å². The quantitative estimate of drug-likeness (QED) is 0.0161. The number of phenols is 3. The first-order chi connectivity index (χ1) is 51.0. The maximum absolute atomic E-state index is 13.6. The fraction of sp³-hybridized carbons (Fsp3) is 0.237. The summed E-state index contributed by atoms with van der Waals surface area (Å²) >= 11 is 5.91. The number of ketones is 1. The lowest BCUT2D eigenvalue weighted by molar-refractivity contribution is -0.123. The number of hydrogen-bond donors (Lipinski definition) is 6. The smallest absolute Gasteiger partial charge is 0.420 e. The first-order valence-corrected chi connectivity index (χ1v) is 33.2. The van der Waals surface area contributed by atoms with Gasteiger partial charge in [0.05, 0.1) is 73.7 Å². The van der Waals surface area contributed by atoms with Crippen LogP contribution in [0.3, 0.4) is 0 Å². The molecule has 0 aliphatic rings. The molecule has 0 unspecified atom stereocenters. The van der Waals surface area contributed by atoms with Crippen LogP contribution >= 0.6 is 11.6 Å². The zero-order valence-corrected chi connectivity index (χ0v) is 57.8. The number of aromatic nitrogens is 6. The van der Waals surface area contributed by atoms with Crippen LogP contribution in [0.15, 0.2) is 171 Å². The number of ether oxygens (including phenoxy) is 9. The molecule has 0 spiro atoms. The van der Waals surface area contributed by atoms with E-state index in [4.69, 9.17) is 69.5 Å². The van der Waals surface area contributed by atoms with Gasteiger partial charge < -0.3 is 82.7 Å². The fourth-order valence-electron chi connectivity index (χ4n) is 10.7. The summed E-state index contributed by atoms with van der Waals surface area (Å²) in [6.45, 7) is 4.08. The van der Waals surface area contributed by atoms with E-state index in [0.717, 1.165) is 22.2 Å². The number of carbonyl (C=O) groups excluding carboxylic acids is 2. The van der Waals surface area contributed by atoms with Crippen molar-refractivity contribution >= 4 is 90.3 Å². The number of fused-ring (bicyclic) bond motifs is 4. The normalized spacial score (nSPS) is 11.1. The summed E-state index contributed by atoms with van der Waals surface area (Å²) in [5, 5.41) is 41.0. The van der Waals surface area contributed by atoms with Crippen LogP contribution in [0.2, 0.25) is 5.02 Å². The standard InChI is InChI=1S/C41H40N4O9.C35H31ClFN5O9/c1-4-28-7-5-8-30(20-28)44-40-32-22-38(39(51-17-15-49-3)23-33(32)42-26-43-40)52-18-16-50-14-6-9-31(46)25-53-37-13-11-29(21-35(37)47)24-45-34-19-27(2)10-12-36(34)54-41(45)48;1-47-31-15-23-26(39-19-40-34(23)41-21-3-5-25(37)24(36)13-21)16-32(31)49-11-10-48-9-8-38-33(45)18-50-29-7-2-20(12-28(29)44)17-42-27-6-4-22(43)14-30(27)51-35(42)46/h1,5,7-8,10-13,19-23,26,47H,6,9,14-18,24-25H2,2-3H3,(H,42,43,44);2-7,12-16,19,43-44H,8-11,17-18H2,1H3,(H,38,45)(H,39,40,41). The molecule has 542 valence electrons. The van der Waals surface area contributed by atoms with Crippen molar-refractivity contribution in [2.24, 2.45) is 0 Å². The van der Waals surface area contributed by atoms with E-state index in [1.165, 1.54) is 71.4 Å². The largest absolute Gasteiger partial charge is 0.508 e. The van der Waals surface area contributed by atoms with Crippen LogP contribution in [-0.2, 0) is 36.9 Å². The Hall–Kier alpha value is -12.4. The van der Waals surface area contributed by atoms with Gasteiger partial charge in [0.15, 0.2) is 69.6 Å². The van der Waals surface area contributed by atoms with Crippen molar-refractivity contribution in [3.05, 3.63) is 206 Å². The van der Waals surface area contributed by atoms with Gasteiger partial charge in [-0.25, -0.2) is 33.9 Å². The number of rotatable bonds is 34. The van der Waals surface area contributed by atoms with Crippen LogP contribution < -0.4 is 55.9 Å². The second-order valence-electron chi connectivity index (χ2n) is 23.4. The number of hydrogen-bond acceptors (Lipinski definition) is 24. The molecule has 1 amide bonds. The highest BCUT2D eigenvalue weighted by Crippen LogP contribution is 2.38. The molecular weight excluding hydrogens is 1380 g/mol. The van der Waals surface area contributed by atoms with Gasteiger partial charge in [0.25, 0.3) is 5.91 Å². The minimum Gasteiger partial charge on any atom is -0.508 e. The molecule has 6 N–H and O–H groups in total. The lowest BCUT2D eigenvalue weighted by Crippen LogP contribution is -2.32. The maximum atomic E-state index is 13.6. The summed E-state index contributed by atoms with van der Waals surface area (Å²) in [6.07, 6.45) is 9.14. The van der Waals surface area contributed by atoms with Gasteiger partial charge >= 0.3 is 11.5 Å². The van der Waals surface area contributed by atoms with Crippen LogP contribution in [-0.4, -0.2) is 143 Å². The molecule has 12 rings (SSSR count). The number of methoxy groups -OCH3 is 2. The number of oxazole rings is 2. The molecule has 0 atom stereocenters. The summed E-state index contributed by atoms with van der Waals surface area (Å²) in [7, 11) is 3.10. The highest BCUT2D eigenvalue weighted by atomic mass is 35.5. The average Bonchev–Trinajstić information content (AvgIpc) is 1.66. The number of carbonyl (C=O) groups is 2. The molecule has 4 aromatic heterocycles. The number of aryl methyl sites for hydroxylation is 1. The lowest BCUT2D eigenvalue weighted by atomic mass is 10.2. The average molecular weight is 1450 g/mol. The van der Waals surface area contributed by atoms with E-state index >= 15 is 0 Å². The minimum atomic E-state index is -0.607. The number of benzene rings is 8. The molecular formula is C76H71ClFN9O18. The Morgan fingerprint density at radius 3 is 1.82 bits per heavy atom. The molecule has 12 aromatic rings. The SMILES string of the molecule is C#Cc1cccc(Nc2ncnc3cc(OCCOC)c(OCCOCCCC(=O)COc4ccc(Cn5c(=O)oc6ccc(C)cc65)cc4O)cc23)c1.COc1cc2c(Nc3ccc(F)c(Cl)c3)ncnc2cc1OCCOCCNC(=O)COc1ccc(Cn2c(=O)oc3cc(O)ccc32)cc1O. The lowest BCUT2D eigenvalue weighted by Gasteiger charge is -2.15. The van der Waals surface area contributed by atoms with Crippen LogP contribution in [0.5, 0.6) is 51.7 Å². The molecule has 0 bridgehead atoms. The zero-order valence-electron chi connectivity index (χ0n) is 57.0. The van der Waals surface area contributed by atoms with Crippen molar-refractivity contribution in [1.29, 1.82) is 0 Å². The second kappa shape index (κ2) is 35.5. The summed E-state index contributed by atoms with van der Waals surface area (Å²) in [6, 6.07) is 38.0. The van der Waals surface area contributed by atoms with Crippen LogP contribution in [0.4, 0.5) is 27.4 Å². The van der Waals surface area contributed by atoms with Crippen LogP contribution in [0.1, 0.15) is 35.1 Å². The first-order valence-electron chi connectivity index (χ1n) is 32.8. The maximum Gasteiger partial charge on any atom is 0.420 e. The summed E-state index contributed by atoms with van der Waals surface area (Å²) < 4.78 is 77.8. The van der Waals surface area contributed by atoms with Gasteiger partial charge in [-0.2, -0.15) is 0 Å². The van der Waals surface area contributed by atoms with Crippen molar-refractivity contribution in [3.8, 4) is 64.1 Å². The number of nitrogens with zero attached hydrogens (tertiary/aromatic N) is 6. The Kier molecular flexibility index (Phi) is 24.9. The van der Waals surface area contributed by atoms with Crippen LogP contribution in [0.25, 0.3) is 44.0 Å². The number of nitrogens with one attached hydrogen (secondary N) is 3. The van der Waals surface area contributed by atoms with Gasteiger partial charge in [-0.3, -0.25) is 18.7 Å². The van der Waals surface area contributed by atoms with Crippen molar-refractivity contribution in [1.82, 2.24) is 34.4 Å². The summed E-state index contributed by atoms with van der Waals surface area (Å²) in [5.74, 6) is 3.27. The third-order valence-electron chi connectivity index (χ3n) is 15.9. The molecule has 0 aliphatic heterocycles. The molecule has 8 aromatic carbocycles. The molecule has 0 aliphatic carbocycles. The number of amides is 1. The van der Waals surface area contributed by atoms with E-state index in [1.54, 1.807) is 61.7 Å². The Morgan fingerprint density at radius 2 is 1.18 bits per heavy atom. The highest BCUT2D eigenvalue weighted by molar-refractivity contribution is 6.31. The summed E-state index contributed by atoms with van der Waals surface area (Å²) in [4.78, 5) is 66.9. The molecule has 0 saturated carbocycles. The number of terminal acetylenes is 1. The third kappa shape index (κ3) is 19.6. The van der Waals surface area contributed by atoms with E-state index in [1.807, 2.05) is 49.4 Å². The molecule has 0 fully saturated rings. The Bertz CT molecular complexity index is 5250. The Morgan fingerprint density at radius 1 is 0.581 bits per heavy atom. The zero-order chi connectivity index (χ0) is 73.8. The van der Waals surface area contributed by atoms with Crippen molar-refractivity contribution in [3.63, 3.8) is 0 Å². The number of Topliss-reactive ketones (excluding diaryl/α,β-unsaturated/α-hetero) is 1. The first kappa shape index (κ1) is 73.8. The molecule has 29 heteroatoms. The third-order valence-corrected chi connectivity index (χ3v) is 16.2. The van der Waals surface area contributed by atoms with Crippen LogP contribution in [0, 0.1) is 25.1 Å². The number of aromatic hydroxyl groups is 3. The summed E-state index contributed by atoms with van der Waals surface area (Å²) in [5.41, 5.74) is 7.47. The van der Waals surface area contributed by atoms with E-state index in [2.05, 4.69) is 41.8 Å². The molecule has 4 heterocycles. The molecule has 0 radical (unpaired) electrons. The van der Waals surface area contributed by atoms with Crippen molar-refractivity contribution < 1.29 is 80.8 Å². The molecule has 105 heavy (non-hydrogen) atoms. The van der Waals surface area contributed by atoms with Crippen molar-refractivity contribution in [2.45, 2.75) is 32.9 Å². The van der Waals surface area contributed by atoms with Gasteiger partial charge in [-0.1, -0.05) is 41.8 Å². The van der Waals surface area contributed by atoms with Gasteiger partial charge in [-0.05, 0) is 127 Å². The highest BCUT2D eigenvalue weighted by Gasteiger charge is 2.19. The Labute approximate surface area is 603 Å².